The molecule has 3 aromatic rings. The second kappa shape index (κ2) is 9.58. The second-order valence-corrected chi connectivity index (χ2v) is 9.18. The van der Waals surface area contributed by atoms with Crippen LogP contribution in [0.4, 0.5) is 5.82 Å². The van der Waals surface area contributed by atoms with Crippen molar-refractivity contribution >= 4 is 23.5 Å². The number of nitrogen functional groups attached to an aromatic ring is 1. The second-order valence-electron chi connectivity index (χ2n) is 9.18. The lowest BCUT2D eigenvalue weighted by atomic mass is 9.76. The predicted octanol–water partition coefficient (Wildman–Crippen LogP) is 1.70. The number of amides is 1. The van der Waals surface area contributed by atoms with E-state index >= 15 is 0 Å². The number of likely N-dealkylation sites (N-methyl/N-ethyl adjacent to an activating group) is 1. The Bertz CT molecular complexity index is 1380. The molecule has 1 saturated carbocycles. The molecule has 0 bridgehead atoms. The molecule has 1 aromatic carbocycles. The van der Waals surface area contributed by atoms with Crippen LogP contribution in [-0.2, 0) is 16.8 Å². The van der Waals surface area contributed by atoms with Crippen LogP contribution in [0, 0.1) is 22.7 Å². The molecule has 1 fully saturated rings. The third-order valence-corrected chi connectivity index (χ3v) is 6.47. The normalized spacial score (nSPS) is 15.1. The Balaban J connectivity index is 1.59. The Morgan fingerprint density at radius 1 is 1.33 bits per heavy atom. The minimum Gasteiger partial charge on any atom is -0.578 e. The summed E-state index contributed by atoms with van der Waals surface area (Å²) < 4.78 is 1.46. The van der Waals surface area contributed by atoms with E-state index in [0.717, 1.165) is 24.0 Å². The number of nitrogens with one attached hydrogen (secondary N) is 1. The lowest BCUT2D eigenvalue weighted by molar-refractivity contribution is -0.129. The molecular formula is C25H28N9O2+. The van der Waals surface area contributed by atoms with Gasteiger partial charge in [0.05, 0.1) is 17.8 Å². The summed E-state index contributed by atoms with van der Waals surface area (Å²) in [6, 6.07) is 9.54. The SMILES string of the molecule is CN(C)C(=O)Cn1cc(C([OH2+])=NC(=N)C(C)(c2ccc(-c3ncc(N)nc3C#N)cc2)C2CC2)cn1. The number of aromatic nitrogens is 4. The molecule has 184 valence electrons. The standard InChI is InChI=1S/C25H27N9O2/c1-25(18-8-9-18,17-6-4-15(5-7-17)22-19(10-26)31-20(27)12-29-22)24(28)32-23(36)16-11-30-34(13-16)14-21(35)33(2)3/h4-7,11-13,18H,8-9,14H2,1-3H3,(H2,27,31)(H2,28,32,36)/p+1. The van der Waals surface area contributed by atoms with Gasteiger partial charge in [0.1, 0.15) is 35.5 Å². The smallest absolute Gasteiger partial charge is 0.369 e. The molecular weight excluding hydrogens is 458 g/mol. The summed E-state index contributed by atoms with van der Waals surface area (Å²) in [5.41, 5.74) is 7.61. The topological polar surface area (TPSA) is 173 Å². The number of aliphatic imine (C=N–C) groups is 1. The van der Waals surface area contributed by atoms with Gasteiger partial charge in [-0.2, -0.15) is 10.4 Å². The molecule has 11 heteroatoms. The molecule has 0 spiro atoms. The van der Waals surface area contributed by atoms with Gasteiger partial charge >= 0.3 is 5.90 Å². The number of nitriles is 1. The van der Waals surface area contributed by atoms with Crippen molar-refractivity contribution in [3.63, 3.8) is 0 Å². The monoisotopic (exact) mass is 486 g/mol. The van der Waals surface area contributed by atoms with Gasteiger partial charge in [-0.15, -0.1) is 4.99 Å². The molecule has 1 atom stereocenters. The van der Waals surface area contributed by atoms with E-state index in [0.29, 0.717) is 11.3 Å². The predicted molar refractivity (Wildman–Crippen MR) is 135 cm³/mol. The highest BCUT2D eigenvalue weighted by atomic mass is 16.3. The molecule has 2 heterocycles. The van der Waals surface area contributed by atoms with Gasteiger partial charge in [0.25, 0.3) is 0 Å². The van der Waals surface area contributed by atoms with Crippen molar-refractivity contribution in [1.29, 1.82) is 10.7 Å². The first-order valence-corrected chi connectivity index (χ1v) is 11.4. The maximum atomic E-state index is 11.9. The zero-order chi connectivity index (χ0) is 26.0. The quantitative estimate of drug-likeness (QED) is 0.292. The zero-order valence-electron chi connectivity index (χ0n) is 20.4. The molecule has 0 radical (unpaired) electrons. The molecule has 36 heavy (non-hydrogen) atoms. The third-order valence-electron chi connectivity index (χ3n) is 6.47. The van der Waals surface area contributed by atoms with Crippen LogP contribution in [0.1, 0.15) is 36.6 Å². The summed E-state index contributed by atoms with van der Waals surface area (Å²) in [7, 11) is 3.34. The van der Waals surface area contributed by atoms with E-state index in [-0.39, 0.29) is 41.6 Å². The van der Waals surface area contributed by atoms with Gasteiger partial charge in [0.15, 0.2) is 5.69 Å². The van der Waals surface area contributed by atoms with Crippen molar-refractivity contribution in [3.05, 3.63) is 59.7 Å². The minimum absolute atomic E-state index is 0.0652. The Morgan fingerprint density at radius 2 is 2.03 bits per heavy atom. The lowest BCUT2D eigenvalue weighted by Gasteiger charge is -2.28. The summed E-state index contributed by atoms with van der Waals surface area (Å²) >= 11 is 0. The number of amidine groups is 1. The number of nitrogens with zero attached hydrogens (tertiary/aromatic N) is 7. The fourth-order valence-electron chi connectivity index (χ4n) is 4.04. The summed E-state index contributed by atoms with van der Waals surface area (Å²) in [5.74, 6) is 0.310. The van der Waals surface area contributed by atoms with E-state index in [9.17, 15) is 10.1 Å². The molecule has 2 aromatic heterocycles. The Kier molecular flexibility index (Phi) is 6.53. The van der Waals surface area contributed by atoms with E-state index < -0.39 is 5.41 Å². The molecule has 4 rings (SSSR count). The molecule has 1 amide bonds. The molecule has 11 nitrogen and oxygen atoms in total. The van der Waals surface area contributed by atoms with Crippen LogP contribution in [0.5, 0.6) is 0 Å². The van der Waals surface area contributed by atoms with Crippen molar-refractivity contribution < 1.29 is 9.90 Å². The molecule has 0 saturated heterocycles. The van der Waals surface area contributed by atoms with Crippen LogP contribution < -0.4 is 5.73 Å². The van der Waals surface area contributed by atoms with E-state index in [4.69, 9.17) is 16.2 Å². The van der Waals surface area contributed by atoms with Crippen LogP contribution in [0.25, 0.3) is 11.3 Å². The third kappa shape index (κ3) is 4.79. The number of benzene rings is 1. The average Bonchev–Trinajstić information content (AvgIpc) is 3.62. The number of hydrogen-bond acceptors (Lipinski definition) is 7. The van der Waals surface area contributed by atoms with E-state index in [1.165, 1.54) is 22.0 Å². The zero-order valence-corrected chi connectivity index (χ0v) is 20.4. The number of rotatable bonds is 7. The molecule has 1 aliphatic rings. The van der Waals surface area contributed by atoms with Gasteiger partial charge in [-0.05, 0) is 31.2 Å². The van der Waals surface area contributed by atoms with Crippen molar-refractivity contribution in [2.75, 3.05) is 19.8 Å². The van der Waals surface area contributed by atoms with Crippen molar-refractivity contribution in [2.45, 2.75) is 31.7 Å². The van der Waals surface area contributed by atoms with Crippen molar-refractivity contribution in [1.82, 2.24) is 24.6 Å². The fraction of sp³-hybridized carbons (Fsp3) is 0.320. The highest BCUT2D eigenvalue weighted by Crippen LogP contribution is 2.48. The average molecular weight is 487 g/mol. The van der Waals surface area contributed by atoms with Gasteiger partial charge in [-0.25, -0.2) is 9.97 Å². The Morgan fingerprint density at radius 3 is 2.64 bits per heavy atom. The lowest BCUT2D eigenvalue weighted by Crippen LogP contribution is -2.34. The summed E-state index contributed by atoms with van der Waals surface area (Å²) in [4.78, 5) is 26.1. The van der Waals surface area contributed by atoms with E-state index in [1.54, 1.807) is 20.3 Å². The van der Waals surface area contributed by atoms with Crippen LogP contribution in [0.3, 0.4) is 0 Å². The highest BCUT2D eigenvalue weighted by Gasteiger charge is 2.46. The number of carbonyl (C=O) groups is 1. The fourth-order valence-corrected chi connectivity index (χ4v) is 4.04. The van der Waals surface area contributed by atoms with Gasteiger partial charge < -0.3 is 15.7 Å². The first-order chi connectivity index (χ1) is 17.1. The summed E-state index contributed by atoms with van der Waals surface area (Å²) in [6.07, 6.45) is 6.42. The van der Waals surface area contributed by atoms with Crippen LogP contribution in [-0.4, -0.2) is 61.5 Å². The number of nitrogens with two attached hydrogens (primary N) is 1. The molecule has 1 aliphatic carbocycles. The molecule has 0 aliphatic heterocycles. The van der Waals surface area contributed by atoms with Gasteiger partial charge in [0.2, 0.25) is 5.91 Å². The van der Waals surface area contributed by atoms with Gasteiger partial charge in [-0.3, -0.25) is 14.9 Å². The summed E-state index contributed by atoms with van der Waals surface area (Å²) in [6.45, 7) is 2.04. The maximum Gasteiger partial charge on any atom is 0.369 e. The minimum atomic E-state index is -0.688. The number of carbonyl (C=O) groups excluding carboxylic acids is 1. The van der Waals surface area contributed by atoms with Crippen molar-refractivity contribution in [2.24, 2.45) is 10.9 Å². The highest BCUT2D eigenvalue weighted by molar-refractivity contribution is 6.04. The largest absolute Gasteiger partial charge is 0.578 e. The Labute approximate surface area is 208 Å². The van der Waals surface area contributed by atoms with Crippen LogP contribution in [0.15, 0.2) is 47.8 Å². The van der Waals surface area contributed by atoms with Gasteiger partial charge in [0, 0.05) is 25.9 Å². The summed E-state index contributed by atoms with van der Waals surface area (Å²) in [5, 5.41) is 30.8. The van der Waals surface area contributed by atoms with Crippen molar-refractivity contribution in [3.8, 4) is 17.3 Å². The first-order valence-electron chi connectivity index (χ1n) is 11.4. The van der Waals surface area contributed by atoms with E-state index in [2.05, 4.69) is 20.1 Å². The molecule has 5 N–H and O–H groups in total. The maximum absolute atomic E-state index is 11.9. The Hall–Kier alpha value is -4.59. The number of hydrogen-bond donors (Lipinski definition) is 2. The van der Waals surface area contributed by atoms with Gasteiger partial charge in [-0.1, -0.05) is 24.3 Å². The van der Waals surface area contributed by atoms with Crippen LogP contribution in [0.2, 0.25) is 0 Å². The van der Waals surface area contributed by atoms with Crippen LogP contribution >= 0.6 is 0 Å². The first kappa shape index (κ1) is 24.5. The number of anilines is 1. The van der Waals surface area contributed by atoms with E-state index in [1.807, 2.05) is 37.3 Å². The molecule has 1 unspecified atom stereocenters.